The molecule has 1 unspecified atom stereocenters. The van der Waals surface area contributed by atoms with E-state index in [0.717, 1.165) is 21.3 Å². The summed E-state index contributed by atoms with van der Waals surface area (Å²) in [6.07, 6.45) is 3.35. The molecule has 4 rings (SSSR count). The molecule has 2 heterocycles. The van der Waals surface area contributed by atoms with Gasteiger partial charge in [0.05, 0.1) is 0 Å². The van der Waals surface area contributed by atoms with Crippen LogP contribution in [0.25, 0.3) is 5.70 Å². The first-order valence-electron chi connectivity index (χ1n) is 8.21. The highest BCUT2D eigenvalue weighted by molar-refractivity contribution is 9.10. The van der Waals surface area contributed by atoms with E-state index in [1.807, 2.05) is 37.3 Å². The number of aromatic nitrogens is 3. The molecule has 3 aromatic rings. The molecule has 0 radical (unpaired) electrons. The van der Waals surface area contributed by atoms with E-state index >= 15 is 0 Å². The van der Waals surface area contributed by atoms with E-state index < -0.39 is 12.7 Å². The minimum absolute atomic E-state index is 0.0982. The lowest BCUT2D eigenvalue weighted by molar-refractivity contribution is -0.0506. The molecule has 0 amide bonds. The molecule has 1 aliphatic heterocycles. The van der Waals surface area contributed by atoms with Gasteiger partial charge in [0.2, 0.25) is 5.95 Å². The number of anilines is 1. The topological polar surface area (TPSA) is 52.0 Å². The second-order valence-electron chi connectivity index (χ2n) is 6.11. The van der Waals surface area contributed by atoms with Crippen LogP contribution >= 0.6 is 15.9 Å². The van der Waals surface area contributed by atoms with Gasteiger partial charge in [0.15, 0.2) is 0 Å². The first-order valence-corrected chi connectivity index (χ1v) is 9.00. The maximum Gasteiger partial charge on any atom is 0.387 e. The molecular weight excluding hydrogens is 418 g/mol. The fourth-order valence-electron chi connectivity index (χ4n) is 3.01. The van der Waals surface area contributed by atoms with Gasteiger partial charge in [-0.3, -0.25) is 0 Å². The van der Waals surface area contributed by atoms with Gasteiger partial charge in [-0.05, 0) is 36.8 Å². The SMILES string of the molecule is Cc1ccc(C2=CC(c3cc(Br)ccc3OC(F)F)n3ncnc3N2)cc1. The second-order valence-corrected chi connectivity index (χ2v) is 7.02. The zero-order valence-electron chi connectivity index (χ0n) is 14.2. The molecule has 0 saturated carbocycles. The maximum atomic E-state index is 12.9. The van der Waals surface area contributed by atoms with Gasteiger partial charge < -0.3 is 10.1 Å². The summed E-state index contributed by atoms with van der Waals surface area (Å²) in [4.78, 5) is 4.24. The summed E-state index contributed by atoms with van der Waals surface area (Å²) in [5.41, 5.74) is 3.49. The number of aryl methyl sites for hydroxylation is 1. The van der Waals surface area contributed by atoms with Gasteiger partial charge in [-0.25, -0.2) is 4.68 Å². The number of nitrogens with zero attached hydrogens (tertiary/aromatic N) is 3. The van der Waals surface area contributed by atoms with Crippen molar-refractivity contribution in [1.82, 2.24) is 14.8 Å². The molecule has 138 valence electrons. The van der Waals surface area contributed by atoms with Crippen molar-refractivity contribution >= 4 is 27.6 Å². The van der Waals surface area contributed by atoms with Gasteiger partial charge in [-0.2, -0.15) is 18.9 Å². The molecule has 0 bridgehead atoms. The van der Waals surface area contributed by atoms with E-state index in [2.05, 4.69) is 31.3 Å². The Balaban J connectivity index is 1.83. The first kappa shape index (κ1) is 17.7. The summed E-state index contributed by atoms with van der Waals surface area (Å²) >= 11 is 3.40. The highest BCUT2D eigenvalue weighted by Gasteiger charge is 2.27. The minimum atomic E-state index is -2.91. The molecule has 27 heavy (non-hydrogen) atoms. The van der Waals surface area contributed by atoms with Gasteiger partial charge >= 0.3 is 6.61 Å². The van der Waals surface area contributed by atoms with Crippen molar-refractivity contribution in [3.63, 3.8) is 0 Å². The Morgan fingerprint density at radius 2 is 1.96 bits per heavy atom. The number of hydrogen-bond donors (Lipinski definition) is 1. The summed E-state index contributed by atoms with van der Waals surface area (Å²) in [6, 6.07) is 12.5. The summed E-state index contributed by atoms with van der Waals surface area (Å²) in [6.45, 7) is -0.899. The number of alkyl halides is 2. The standard InChI is InChI=1S/C19H15BrF2N4O/c1-11-2-4-12(5-3-11)15-9-16(26-19(25-15)23-10-24-26)14-8-13(20)6-7-17(14)27-18(21)22/h2-10,16,18H,1H3,(H,23,24,25). The van der Waals surface area contributed by atoms with Crippen LogP contribution in [0.3, 0.4) is 0 Å². The Morgan fingerprint density at radius 1 is 1.19 bits per heavy atom. The Kier molecular flexibility index (Phi) is 4.65. The molecule has 8 heteroatoms. The Morgan fingerprint density at radius 3 is 2.70 bits per heavy atom. The monoisotopic (exact) mass is 432 g/mol. The molecule has 1 N–H and O–H groups in total. The Hall–Kier alpha value is -2.74. The number of halogens is 3. The van der Waals surface area contributed by atoms with Crippen LogP contribution in [0.15, 0.2) is 59.3 Å². The van der Waals surface area contributed by atoms with Crippen LogP contribution in [0.1, 0.15) is 22.7 Å². The normalized spacial score (nSPS) is 15.9. The number of fused-ring (bicyclic) bond motifs is 1. The number of nitrogens with one attached hydrogen (secondary N) is 1. The molecule has 0 saturated heterocycles. The predicted octanol–water partition coefficient (Wildman–Crippen LogP) is 5.01. The molecule has 1 atom stereocenters. The quantitative estimate of drug-likeness (QED) is 0.629. The van der Waals surface area contributed by atoms with Gasteiger partial charge in [0.1, 0.15) is 18.1 Å². The number of ether oxygens (including phenoxy) is 1. The number of hydrogen-bond acceptors (Lipinski definition) is 4. The lowest BCUT2D eigenvalue weighted by atomic mass is 10.0. The third kappa shape index (κ3) is 3.57. The van der Waals surface area contributed by atoms with Crippen LogP contribution in [0.2, 0.25) is 0 Å². The smallest absolute Gasteiger partial charge is 0.387 e. The van der Waals surface area contributed by atoms with E-state index in [-0.39, 0.29) is 5.75 Å². The van der Waals surface area contributed by atoms with Crippen molar-refractivity contribution in [1.29, 1.82) is 0 Å². The zero-order valence-corrected chi connectivity index (χ0v) is 15.8. The van der Waals surface area contributed by atoms with Gasteiger partial charge in [-0.15, -0.1) is 0 Å². The third-order valence-electron chi connectivity index (χ3n) is 4.28. The number of allylic oxidation sites excluding steroid dienone is 1. The van der Waals surface area contributed by atoms with E-state index in [9.17, 15) is 8.78 Å². The summed E-state index contributed by atoms with van der Waals surface area (Å²) < 4.78 is 32.9. The largest absolute Gasteiger partial charge is 0.434 e. The van der Waals surface area contributed by atoms with Crippen LogP contribution in [0.5, 0.6) is 5.75 Å². The zero-order chi connectivity index (χ0) is 19.0. The lowest BCUT2D eigenvalue weighted by Crippen LogP contribution is -2.21. The Bertz CT molecular complexity index is 1000. The number of benzene rings is 2. The van der Waals surface area contributed by atoms with Crippen molar-refractivity contribution in [3.8, 4) is 5.75 Å². The third-order valence-corrected chi connectivity index (χ3v) is 4.77. The van der Waals surface area contributed by atoms with Gasteiger partial charge in [0, 0.05) is 15.7 Å². The molecule has 0 aliphatic carbocycles. The van der Waals surface area contributed by atoms with Crippen molar-refractivity contribution in [2.75, 3.05) is 5.32 Å². The van der Waals surface area contributed by atoms with Crippen molar-refractivity contribution < 1.29 is 13.5 Å². The highest BCUT2D eigenvalue weighted by Crippen LogP contribution is 2.38. The van der Waals surface area contributed by atoms with E-state index in [1.165, 1.54) is 12.4 Å². The molecule has 0 spiro atoms. The fraction of sp³-hybridized carbons (Fsp3) is 0.158. The Labute approximate surface area is 162 Å². The lowest BCUT2D eigenvalue weighted by Gasteiger charge is -2.26. The van der Waals surface area contributed by atoms with Crippen LogP contribution in [-0.2, 0) is 0 Å². The van der Waals surface area contributed by atoms with Crippen LogP contribution in [0, 0.1) is 6.92 Å². The summed E-state index contributed by atoms with van der Waals surface area (Å²) in [5, 5.41) is 7.48. The molecule has 5 nitrogen and oxygen atoms in total. The summed E-state index contributed by atoms with van der Waals surface area (Å²) in [7, 11) is 0. The van der Waals surface area contributed by atoms with Gasteiger partial charge in [-0.1, -0.05) is 45.8 Å². The van der Waals surface area contributed by atoms with Crippen molar-refractivity contribution in [2.45, 2.75) is 19.6 Å². The van der Waals surface area contributed by atoms with Crippen molar-refractivity contribution in [2.24, 2.45) is 0 Å². The molecule has 2 aromatic carbocycles. The maximum absolute atomic E-state index is 12.9. The molecule has 1 aromatic heterocycles. The molecule has 0 fully saturated rings. The summed E-state index contributed by atoms with van der Waals surface area (Å²) in [5.74, 6) is 0.627. The van der Waals surface area contributed by atoms with E-state index in [0.29, 0.717) is 11.5 Å². The predicted molar refractivity (Wildman–Crippen MR) is 102 cm³/mol. The average molecular weight is 433 g/mol. The van der Waals surface area contributed by atoms with Crippen LogP contribution in [0.4, 0.5) is 14.7 Å². The van der Waals surface area contributed by atoms with Gasteiger partial charge in [0.25, 0.3) is 0 Å². The number of rotatable bonds is 4. The van der Waals surface area contributed by atoms with E-state index in [4.69, 9.17) is 4.74 Å². The van der Waals surface area contributed by atoms with Crippen LogP contribution < -0.4 is 10.1 Å². The molecular formula is C19H15BrF2N4O. The highest BCUT2D eigenvalue weighted by atomic mass is 79.9. The van der Waals surface area contributed by atoms with Crippen molar-refractivity contribution in [3.05, 3.63) is 76.0 Å². The first-order chi connectivity index (χ1) is 13.0. The van der Waals surface area contributed by atoms with Crippen LogP contribution in [-0.4, -0.2) is 21.4 Å². The second kappa shape index (κ2) is 7.11. The fourth-order valence-corrected chi connectivity index (χ4v) is 3.39. The molecule has 1 aliphatic rings. The van der Waals surface area contributed by atoms with E-state index in [1.54, 1.807) is 16.8 Å². The average Bonchev–Trinajstić information content (AvgIpc) is 3.11. The minimum Gasteiger partial charge on any atom is -0.434 e.